The molecule has 3 amide bonds. The van der Waals surface area contributed by atoms with Gasteiger partial charge in [-0.1, -0.05) is 18.2 Å². The first-order valence-electron chi connectivity index (χ1n) is 12.4. The fourth-order valence-electron chi connectivity index (χ4n) is 6.05. The molecule has 8 heteroatoms. The lowest BCUT2D eigenvalue weighted by Gasteiger charge is -2.18. The van der Waals surface area contributed by atoms with Gasteiger partial charge in [0.05, 0.1) is 30.0 Å². The van der Waals surface area contributed by atoms with E-state index in [4.69, 9.17) is 9.47 Å². The molecule has 0 aromatic heterocycles. The highest BCUT2D eigenvalue weighted by molar-refractivity contribution is 6.22. The van der Waals surface area contributed by atoms with Crippen molar-refractivity contribution in [1.29, 1.82) is 0 Å². The van der Waals surface area contributed by atoms with Crippen molar-refractivity contribution in [2.24, 2.45) is 29.6 Å². The average Bonchev–Trinajstić information content (AvgIpc) is 3.63. The van der Waals surface area contributed by atoms with Crippen LogP contribution in [0.3, 0.4) is 0 Å². The van der Waals surface area contributed by atoms with Crippen molar-refractivity contribution in [1.82, 2.24) is 0 Å². The Labute approximate surface area is 208 Å². The van der Waals surface area contributed by atoms with Gasteiger partial charge < -0.3 is 14.4 Å². The number of benzene rings is 2. The van der Waals surface area contributed by atoms with E-state index < -0.39 is 11.9 Å². The molecule has 2 aromatic carbocycles. The molecule has 2 aromatic rings. The Balaban J connectivity index is 1.14. The van der Waals surface area contributed by atoms with E-state index in [1.807, 2.05) is 6.92 Å². The molecule has 0 unspecified atom stereocenters. The summed E-state index contributed by atoms with van der Waals surface area (Å²) < 4.78 is 11.0. The first kappa shape index (κ1) is 22.5. The Bertz CT molecular complexity index is 1260. The van der Waals surface area contributed by atoms with E-state index in [9.17, 15) is 19.2 Å². The smallest absolute Gasteiger partial charge is 0.316 e. The van der Waals surface area contributed by atoms with E-state index in [0.29, 0.717) is 23.7 Å². The minimum Gasteiger partial charge on any atom is -0.494 e. The normalized spacial score (nSPS) is 28.2. The Kier molecular flexibility index (Phi) is 5.39. The Morgan fingerprint density at radius 1 is 0.917 bits per heavy atom. The number of amides is 3. The van der Waals surface area contributed by atoms with Crippen LogP contribution in [-0.4, -0.2) is 36.8 Å². The Morgan fingerprint density at radius 2 is 1.61 bits per heavy atom. The monoisotopic (exact) mass is 486 g/mol. The third kappa shape index (κ3) is 3.59. The zero-order valence-corrected chi connectivity index (χ0v) is 19.8. The number of carbonyl (C=O) groups is 4. The third-order valence-electron chi connectivity index (χ3n) is 7.68. The van der Waals surface area contributed by atoms with Crippen molar-refractivity contribution in [3.63, 3.8) is 0 Å². The van der Waals surface area contributed by atoms with Crippen LogP contribution in [0.4, 0.5) is 11.4 Å². The summed E-state index contributed by atoms with van der Waals surface area (Å²) in [6, 6.07) is 13.7. The van der Waals surface area contributed by atoms with Crippen LogP contribution in [0.5, 0.6) is 11.5 Å². The van der Waals surface area contributed by atoms with Gasteiger partial charge in [0.1, 0.15) is 11.5 Å². The van der Waals surface area contributed by atoms with Crippen molar-refractivity contribution < 1.29 is 28.7 Å². The molecule has 6 rings (SSSR count). The Hall–Kier alpha value is -3.94. The van der Waals surface area contributed by atoms with E-state index in [0.717, 1.165) is 6.42 Å². The van der Waals surface area contributed by atoms with Crippen LogP contribution in [0.25, 0.3) is 0 Å². The van der Waals surface area contributed by atoms with Gasteiger partial charge in [-0.25, -0.2) is 4.90 Å². The maximum absolute atomic E-state index is 13.1. The minimum atomic E-state index is -0.621. The van der Waals surface area contributed by atoms with Gasteiger partial charge in [-0.2, -0.15) is 0 Å². The van der Waals surface area contributed by atoms with Crippen molar-refractivity contribution in [3.8, 4) is 11.5 Å². The number of ether oxygens (including phenoxy) is 2. The first-order valence-corrected chi connectivity index (χ1v) is 12.4. The molecule has 2 saturated heterocycles. The molecule has 4 aliphatic rings. The van der Waals surface area contributed by atoms with Gasteiger partial charge in [0.25, 0.3) is 0 Å². The molecule has 2 aliphatic carbocycles. The summed E-state index contributed by atoms with van der Waals surface area (Å²) in [5.74, 6) is -1.05. The molecule has 2 heterocycles. The summed E-state index contributed by atoms with van der Waals surface area (Å²) in [5, 5.41) is 0. The number of hydrogen-bond acceptors (Lipinski definition) is 6. The lowest BCUT2D eigenvalue weighted by atomic mass is 9.85. The summed E-state index contributed by atoms with van der Waals surface area (Å²) >= 11 is 0. The molecule has 2 aliphatic heterocycles. The van der Waals surface area contributed by atoms with E-state index in [2.05, 4.69) is 12.2 Å². The number of carbonyl (C=O) groups excluding carboxylic acids is 4. The van der Waals surface area contributed by atoms with Crippen LogP contribution in [0.15, 0.2) is 60.7 Å². The summed E-state index contributed by atoms with van der Waals surface area (Å²) in [6.07, 6.45) is 5.02. The summed E-state index contributed by atoms with van der Waals surface area (Å²) in [7, 11) is 0. The maximum Gasteiger partial charge on any atom is 0.316 e. The molecule has 3 fully saturated rings. The number of nitrogens with zero attached hydrogens (tertiary/aromatic N) is 2. The van der Waals surface area contributed by atoms with Gasteiger partial charge in [0, 0.05) is 24.7 Å². The standard InChI is InChI=1S/C28H26N2O6/c1-2-35-21-10-8-19(9-11-21)29-15-18(13-23(29)31)28(34)36-22-5-3-4-20(14-22)30-26(32)24-16-6-7-17(12-16)25(24)27(30)33/h3-11,14,16-18,24-25H,2,12-13,15H2,1H3/t16-,17+,18-,24+,25-/m1/s1. The number of anilines is 2. The number of fused-ring (bicyclic) bond motifs is 5. The van der Waals surface area contributed by atoms with Crippen LogP contribution < -0.4 is 19.3 Å². The maximum atomic E-state index is 13.1. The summed E-state index contributed by atoms with van der Waals surface area (Å²) in [5.41, 5.74) is 1.10. The highest BCUT2D eigenvalue weighted by atomic mass is 16.5. The third-order valence-corrected chi connectivity index (χ3v) is 7.68. The lowest BCUT2D eigenvalue weighted by molar-refractivity contribution is -0.139. The SMILES string of the molecule is CCOc1ccc(N2C[C@H](C(=O)Oc3cccc(N4C(=O)[C@@H]5[C@H](C4=O)[C@H]4C=C[C@@H]5C4)c3)CC2=O)cc1. The van der Waals surface area contributed by atoms with Crippen molar-refractivity contribution in [3.05, 3.63) is 60.7 Å². The van der Waals surface area contributed by atoms with Gasteiger partial charge in [-0.05, 0) is 61.6 Å². The predicted octanol–water partition coefficient (Wildman–Crippen LogP) is 3.36. The number of rotatable bonds is 6. The summed E-state index contributed by atoms with van der Waals surface area (Å²) in [4.78, 5) is 54.5. The zero-order chi connectivity index (χ0) is 25.0. The lowest BCUT2D eigenvalue weighted by Crippen LogP contribution is -2.32. The first-order chi connectivity index (χ1) is 17.4. The van der Waals surface area contributed by atoms with E-state index in [-0.39, 0.29) is 60.1 Å². The molecule has 36 heavy (non-hydrogen) atoms. The van der Waals surface area contributed by atoms with Crippen LogP contribution in [0.2, 0.25) is 0 Å². The van der Waals surface area contributed by atoms with Crippen LogP contribution in [-0.2, 0) is 19.2 Å². The number of hydrogen-bond donors (Lipinski definition) is 0. The molecule has 0 spiro atoms. The molecule has 0 radical (unpaired) electrons. The molecular formula is C28H26N2O6. The largest absolute Gasteiger partial charge is 0.494 e. The van der Waals surface area contributed by atoms with E-state index in [1.165, 1.54) is 4.90 Å². The van der Waals surface area contributed by atoms with Crippen molar-refractivity contribution in [2.75, 3.05) is 23.0 Å². The van der Waals surface area contributed by atoms with Gasteiger partial charge in [0.15, 0.2) is 0 Å². The summed E-state index contributed by atoms with van der Waals surface area (Å²) in [6.45, 7) is 2.67. The number of esters is 1. The predicted molar refractivity (Wildman–Crippen MR) is 130 cm³/mol. The van der Waals surface area contributed by atoms with E-state index >= 15 is 0 Å². The van der Waals surface area contributed by atoms with E-state index in [1.54, 1.807) is 53.4 Å². The van der Waals surface area contributed by atoms with Crippen molar-refractivity contribution >= 4 is 35.1 Å². The molecule has 5 atom stereocenters. The molecule has 184 valence electrons. The fraction of sp³-hybridized carbons (Fsp3) is 0.357. The molecule has 0 N–H and O–H groups in total. The number of allylic oxidation sites excluding steroid dienone is 2. The Morgan fingerprint density at radius 3 is 2.28 bits per heavy atom. The highest BCUT2D eigenvalue weighted by Crippen LogP contribution is 2.53. The van der Waals surface area contributed by atoms with Gasteiger partial charge >= 0.3 is 5.97 Å². The van der Waals surface area contributed by atoms with Crippen LogP contribution in [0.1, 0.15) is 19.8 Å². The molecule has 1 saturated carbocycles. The minimum absolute atomic E-state index is 0.0496. The van der Waals surface area contributed by atoms with Gasteiger partial charge in [-0.3, -0.25) is 19.2 Å². The zero-order valence-electron chi connectivity index (χ0n) is 19.8. The second kappa shape index (κ2) is 8.62. The van der Waals surface area contributed by atoms with Crippen molar-refractivity contribution in [2.45, 2.75) is 19.8 Å². The molecule has 2 bridgehead atoms. The highest BCUT2D eigenvalue weighted by Gasteiger charge is 2.59. The average molecular weight is 487 g/mol. The second-order valence-electron chi connectivity index (χ2n) is 9.76. The topological polar surface area (TPSA) is 93.2 Å². The van der Waals surface area contributed by atoms with Gasteiger partial charge in [0.2, 0.25) is 17.7 Å². The van der Waals surface area contributed by atoms with Crippen LogP contribution in [0, 0.1) is 29.6 Å². The van der Waals surface area contributed by atoms with Gasteiger partial charge in [-0.15, -0.1) is 0 Å². The molecule has 8 nitrogen and oxygen atoms in total. The fourth-order valence-corrected chi connectivity index (χ4v) is 6.05. The molecular weight excluding hydrogens is 460 g/mol. The quantitative estimate of drug-likeness (QED) is 0.269. The second-order valence-corrected chi connectivity index (χ2v) is 9.76. The van der Waals surface area contributed by atoms with Crippen LogP contribution >= 0.6 is 0 Å². The number of imide groups is 1.